The minimum Gasteiger partial charge on any atom is -0.306 e. The first-order valence-corrected chi connectivity index (χ1v) is 7.55. The first-order chi connectivity index (χ1) is 11.2. The summed E-state index contributed by atoms with van der Waals surface area (Å²) in [7, 11) is 0. The fourth-order valence-corrected chi connectivity index (χ4v) is 2.09. The van der Waals surface area contributed by atoms with Crippen molar-refractivity contribution < 1.29 is 13.1 Å². The molecule has 0 aliphatic heterocycles. The molecule has 3 aromatic rings. The SMILES string of the molecule is CC.O=C(Nc1ccc2c(ncn2SF)n1)c1ccc(F)cc1. The van der Waals surface area contributed by atoms with Crippen LogP contribution in [0.2, 0.25) is 0 Å². The van der Waals surface area contributed by atoms with Crippen molar-refractivity contribution in [2.75, 3.05) is 5.32 Å². The average molecular weight is 336 g/mol. The zero-order chi connectivity index (χ0) is 16.8. The Labute approximate surface area is 136 Å². The van der Waals surface area contributed by atoms with Gasteiger partial charge >= 0.3 is 0 Å². The van der Waals surface area contributed by atoms with Gasteiger partial charge < -0.3 is 5.32 Å². The van der Waals surface area contributed by atoms with Gasteiger partial charge in [0.25, 0.3) is 5.91 Å². The van der Waals surface area contributed by atoms with Gasteiger partial charge in [0.1, 0.15) is 23.5 Å². The predicted octanol–water partition coefficient (Wildman–Crippen LogP) is 4.23. The Kier molecular flexibility index (Phi) is 5.64. The molecule has 0 aliphatic carbocycles. The van der Waals surface area contributed by atoms with E-state index in [1.54, 1.807) is 6.07 Å². The van der Waals surface area contributed by atoms with Crippen molar-refractivity contribution in [1.82, 2.24) is 13.9 Å². The van der Waals surface area contributed by atoms with Crippen molar-refractivity contribution >= 4 is 35.2 Å². The zero-order valence-electron chi connectivity index (χ0n) is 12.5. The third-order valence-electron chi connectivity index (χ3n) is 2.80. The Morgan fingerprint density at radius 3 is 2.52 bits per heavy atom. The van der Waals surface area contributed by atoms with Gasteiger partial charge in [-0.25, -0.2) is 18.3 Å². The Morgan fingerprint density at radius 1 is 1.17 bits per heavy atom. The molecule has 120 valence electrons. The van der Waals surface area contributed by atoms with Gasteiger partial charge in [-0.1, -0.05) is 13.8 Å². The number of hydrogen-bond donors (Lipinski definition) is 1. The second-order valence-corrected chi connectivity index (χ2v) is 4.67. The van der Waals surface area contributed by atoms with Gasteiger partial charge in [-0.3, -0.25) is 4.79 Å². The van der Waals surface area contributed by atoms with Gasteiger partial charge in [0.15, 0.2) is 18.0 Å². The van der Waals surface area contributed by atoms with Gasteiger partial charge in [0, 0.05) is 5.56 Å². The van der Waals surface area contributed by atoms with E-state index in [9.17, 15) is 13.1 Å². The normalized spacial score (nSPS) is 10.1. The molecule has 2 aromatic heterocycles. The molecule has 23 heavy (non-hydrogen) atoms. The summed E-state index contributed by atoms with van der Waals surface area (Å²) < 4.78 is 26.6. The molecule has 8 heteroatoms. The molecule has 3 rings (SSSR count). The van der Waals surface area contributed by atoms with Crippen LogP contribution in [0.15, 0.2) is 42.7 Å². The number of nitrogens with one attached hydrogen (secondary N) is 1. The molecule has 0 saturated heterocycles. The summed E-state index contributed by atoms with van der Waals surface area (Å²) in [5.74, 6) is -0.549. The van der Waals surface area contributed by atoms with Crippen LogP contribution in [0.5, 0.6) is 0 Å². The minimum atomic E-state index is -0.416. The maximum absolute atomic E-state index is 12.8. The van der Waals surface area contributed by atoms with E-state index in [0.29, 0.717) is 16.7 Å². The summed E-state index contributed by atoms with van der Waals surface area (Å²) in [6.45, 7) is 4.00. The van der Waals surface area contributed by atoms with E-state index in [-0.39, 0.29) is 18.2 Å². The lowest BCUT2D eigenvalue weighted by Gasteiger charge is -2.04. The molecule has 1 N–H and O–H groups in total. The van der Waals surface area contributed by atoms with E-state index in [1.165, 1.54) is 40.6 Å². The quantitative estimate of drug-likeness (QED) is 0.777. The minimum absolute atomic E-state index is 0.0142. The summed E-state index contributed by atoms with van der Waals surface area (Å²) in [5.41, 5.74) is 1.13. The van der Waals surface area contributed by atoms with Gasteiger partial charge in [-0.2, -0.15) is 0 Å². The first kappa shape index (κ1) is 16.9. The lowest BCUT2D eigenvalue weighted by molar-refractivity contribution is 0.102. The Balaban J connectivity index is 0.000000924. The van der Waals surface area contributed by atoms with E-state index >= 15 is 0 Å². The number of anilines is 1. The number of pyridine rings is 1. The molecule has 5 nitrogen and oxygen atoms in total. The van der Waals surface area contributed by atoms with Crippen LogP contribution in [-0.2, 0) is 0 Å². The molecule has 0 atom stereocenters. The molecule has 0 aliphatic rings. The molecule has 0 spiro atoms. The number of carbonyl (C=O) groups is 1. The van der Waals surface area contributed by atoms with Crippen LogP contribution in [0.1, 0.15) is 24.2 Å². The lowest BCUT2D eigenvalue weighted by Crippen LogP contribution is -2.12. The van der Waals surface area contributed by atoms with Crippen LogP contribution in [-0.4, -0.2) is 19.8 Å². The summed E-state index contributed by atoms with van der Waals surface area (Å²) in [5, 5.41) is 2.57. The van der Waals surface area contributed by atoms with E-state index < -0.39 is 11.7 Å². The average Bonchev–Trinajstić information content (AvgIpc) is 2.99. The van der Waals surface area contributed by atoms with Crippen molar-refractivity contribution in [3.63, 3.8) is 0 Å². The molecular formula is C15H14F2N4OS. The third kappa shape index (κ3) is 3.84. The maximum Gasteiger partial charge on any atom is 0.256 e. The van der Waals surface area contributed by atoms with Crippen molar-refractivity contribution in [3.05, 3.63) is 54.1 Å². The highest BCUT2D eigenvalue weighted by atomic mass is 32.2. The van der Waals surface area contributed by atoms with Gasteiger partial charge in [-0.05, 0) is 36.4 Å². The van der Waals surface area contributed by atoms with Gasteiger partial charge in [-0.15, -0.1) is 3.89 Å². The Morgan fingerprint density at radius 2 is 1.87 bits per heavy atom. The number of fused-ring (bicyclic) bond motifs is 1. The van der Waals surface area contributed by atoms with Crippen LogP contribution in [0.3, 0.4) is 0 Å². The zero-order valence-corrected chi connectivity index (χ0v) is 13.3. The largest absolute Gasteiger partial charge is 0.306 e. The molecule has 0 unspecified atom stereocenters. The number of amides is 1. The number of halogens is 2. The van der Waals surface area contributed by atoms with Crippen LogP contribution >= 0.6 is 12.3 Å². The van der Waals surface area contributed by atoms with Crippen molar-refractivity contribution in [2.45, 2.75) is 13.8 Å². The van der Waals surface area contributed by atoms with Gasteiger partial charge in [0.05, 0.1) is 0 Å². The summed E-state index contributed by atoms with van der Waals surface area (Å²) in [6.07, 6.45) is 1.30. The Bertz CT molecular complexity index is 805. The second kappa shape index (κ2) is 7.68. The fourth-order valence-electron chi connectivity index (χ4n) is 1.79. The number of hydrogen-bond acceptors (Lipinski definition) is 4. The molecular weight excluding hydrogens is 322 g/mol. The molecule has 2 heterocycles. The number of aromatic nitrogens is 3. The highest BCUT2D eigenvalue weighted by Gasteiger charge is 2.10. The molecule has 0 fully saturated rings. The van der Waals surface area contributed by atoms with Crippen LogP contribution < -0.4 is 5.32 Å². The molecule has 0 bridgehead atoms. The third-order valence-corrected chi connectivity index (χ3v) is 3.24. The number of rotatable bonds is 3. The van der Waals surface area contributed by atoms with Crippen LogP contribution in [0, 0.1) is 5.82 Å². The second-order valence-electron chi connectivity index (χ2n) is 4.14. The molecule has 1 amide bonds. The smallest absolute Gasteiger partial charge is 0.256 e. The van der Waals surface area contributed by atoms with Crippen molar-refractivity contribution in [2.24, 2.45) is 0 Å². The number of nitrogens with zero attached hydrogens (tertiary/aromatic N) is 3. The molecule has 0 saturated carbocycles. The van der Waals surface area contributed by atoms with E-state index in [4.69, 9.17) is 0 Å². The lowest BCUT2D eigenvalue weighted by atomic mass is 10.2. The standard InChI is InChI=1S/C13H8F2N4OS.C2H6/c14-9-3-1-8(2-4-9)13(20)18-11-6-5-10-12(17-11)16-7-19(10)21-15;1-2/h1-7H,(H,17,18,20);1-2H3. The summed E-state index contributed by atoms with van der Waals surface area (Å²) in [6, 6.07) is 8.28. The van der Waals surface area contributed by atoms with Crippen molar-refractivity contribution in [3.8, 4) is 0 Å². The van der Waals surface area contributed by atoms with E-state index in [2.05, 4.69) is 15.3 Å². The van der Waals surface area contributed by atoms with Gasteiger partial charge in [0.2, 0.25) is 0 Å². The summed E-state index contributed by atoms with van der Waals surface area (Å²) in [4.78, 5) is 20.0. The number of imidazole rings is 1. The van der Waals surface area contributed by atoms with E-state index in [0.717, 1.165) is 0 Å². The molecule has 0 radical (unpaired) electrons. The Hall–Kier alpha value is -2.48. The predicted molar refractivity (Wildman–Crippen MR) is 87.3 cm³/mol. The highest BCUT2D eigenvalue weighted by Crippen LogP contribution is 2.19. The number of benzene rings is 1. The van der Waals surface area contributed by atoms with Crippen LogP contribution in [0.25, 0.3) is 11.2 Å². The van der Waals surface area contributed by atoms with Crippen LogP contribution in [0.4, 0.5) is 14.1 Å². The summed E-state index contributed by atoms with van der Waals surface area (Å²) >= 11 is 0.0142. The highest BCUT2D eigenvalue weighted by molar-refractivity contribution is 7.92. The first-order valence-electron chi connectivity index (χ1n) is 6.87. The van der Waals surface area contributed by atoms with E-state index in [1.807, 2.05) is 13.8 Å². The maximum atomic E-state index is 12.8. The topological polar surface area (TPSA) is 59.8 Å². The number of carbonyl (C=O) groups excluding carboxylic acids is 1. The molecule has 1 aromatic carbocycles. The fraction of sp³-hybridized carbons (Fsp3) is 0.133. The monoisotopic (exact) mass is 336 g/mol. The van der Waals surface area contributed by atoms with Crippen molar-refractivity contribution in [1.29, 1.82) is 0 Å².